The number of aromatic nitrogens is 4. The van der Waals surface area contributed by atoms with Crippen LogP contribution < -0.4 is 15.4 Å². The highest BCUT2D eigenvalue weighted by molar-refractivity contribution is 6.31. The van der Waals surface area contributed by atoms with Gasteiger partial charge in [-0.15, -0.1) is 0 Å². The second-order valence-corrected chi connectivity index (χ2v) is 10.0. The van der Waals surface area contributed by atoms with Crippen molar-refractivity contribution in [3.05, 3.63) is 81.8 Å². The van der Waals surface area contributed by atoms with Crippen LogP contribution in [0.2, 0.25) is 5.02 Å². The summed E-state index contributed by atoms with van der Waals surface area (Å²) in [5.41, 5.74) is 1.95. The molecular formula is C26H27ClFN8O4+. The molecule has 12 nitrogen and oxygen atoms in total. The Morgan fingerprint density at radius 3 is 2.73 bits per heavy atom. The van der Waals surface area contributed by atoms with E-state index in [2.05, 4.69) is 25.6 Å². The molecule has 2 aromatic heterocycles. The number of methoxy groups -OCH3 is 1. The lowest BCUT2D eigenvalue weighted by Gasteiger charge is -2.28. The Labute approximate surface area is 233 Å². The second-order valence-electron chi connectivity index (χ2n) is 9.60. The van der Waals surface area contributed by atoms with E-state index in [4.69, 9.17) is 16.3 Å². The van der Waals surface area contributed by atoms with Gasteiger partial charge in [0.15, 0.2) is 5.69 Å². The van der Waals surface area contributed by atoms with Crippen LogP contribution in [0.3, 0.4) is 0 Å². The first-order valence-corrected chi connectivity index (χ1v) is 12.3. The lowest BCUT2D eigenvalue weighted by atomic mass is 10.1. The molecule has 0 spiro atoms. The number of ether oxygens (including phenoxy) is 1. The van der Waals surface area contributed by atoms with E-state index in [1.165, 1.54) is 44.0 Å². The SMILES string of the molecule is COc1cc2ncnc(Nc3ccc(F)c(Cl)c3)c2cc1NC(=O)/C=C/C[N+](C)(C)Cc1c([N+](=O)[O-])ncn1C. The predicted octanol–water partition coefficient (Wildman–Crippen LogP) is 4.59. The van der Waals surface area contributed by atoms with Crippen molar-refractivity contribution >= 4 is 51.4 Å². The number of carbonyl (C=O) groups is 1. The third-order valence-corrected chi connectivity index (χ3v) is 6.34. The number of nitrogens with zero attached hydrogens (tertiary/aromatic N) is 6. The number of benzene rings is 2. The second kappa shape index (κ2) is 11.6. The minimum Gasteiger partial charge on any atom is -0.494 e. The number of carbonyl (C=O) groups excluding carboxylic acids is 1. The first-order chi connectivity index (χ1) is 19.0. The van der Waals surface area contributed by atoms with E-state index in [-0.39, 0.29) is 10.8 Å². The highest BCUT2D eigenvalue weighted by Crippen LogP contribution is 2.33. The van der Waals surface area contributed by atoms with Gasteiger partial charge in [-0.3, -0.25) is 4.79 Å². The Hall–Kier alpha value is -4.62. The molecule has 0 fully saturated rings. The average Bonchev–Trinajstić information content (AvgIpc) is 3.25. The third kappa shape index (κ3) is 6.50. The van der Waals surface area contributed by atoms with Crippen LogP contribution >= 0.6 is 11.6 Å². The number of fused-ring (bicyclic) bond motifs is 1. The number of amides is 1. The largest absolute Gasteiger partial charge is 0.494 e. The maximum Gasteiger partial charge on any atom is 0.390 e. The number of nitro groups is 1. The molecule has 0 radical (unpaired) electrons. The van der Waals surface area contributed by atoms with E-state index in [1.807, 2.05) is 14.1 Å². The summed E-state index contributed by atoms with van der Waals surface area (Å²) in [5, 5.41) is 17.7. The Bertz CT molecular complexity index is 1620. The zero-order chi connectivity index (χ0) is 29.0. The Morgan fingerprint density at radius 2 is 2.02 bits per heavy atom. The van der Waals surface area contributed by atoms with Gasteiger partial charge < -0.3 is 34.5 Å². The van der Waals surface area contributed by atoms with Gasteiger partial charge in [-0.05, 0) is 40.2 Å². The van der Waals surface area contributed by atoms with Crippen molar-refractivity contribution in [2.45, 2.75) is 6.54 Å². The summed E-state index contributed by atoms with van der Waals surface area (Å²) in [5.74, 6) is -0.309. The van der Waals surface area contributed by atoms with E-state index in [9.17, 15) is 19.3 Å². The van der Waals surface area contributed by atoms with Gasteiger partial charge in [0, 0.05) is 30.3 Å². The van der Waals surface area contributed by atoms with Crippen molar-refractivity contribution in [1.82, 2.24) is 19.5 Å². The van der Waals surface area contributed by atoms with Gasteiger partial charge in [-0.1, -0.05) is 11.6 Å². The highest BCUT2D eigenvalue weighted by Gasteiger charge is 2.27. The van der Waals surface area contributed by atoms with Crippen LogP contribution in [0.5, 0.6) is 5.75 Å². The fourth-order valence-electron chi connectivity index (χ4n) is 4.03. The van der Waals surface area contributed by atoms with Crippen molar-refractivity contribution in [3.63, 3.8) is 0 Å². The lowest BCUT2D eigenvalue weighted by molar-refractivity contribution is -0.898. The summed E-state index contributed by atoms with van der Waals surface area (Å²) in [6.45, 7) is 0.763. The van der Waals surface area contributed by atoms with E-state index >= 15 is 0 Å². The van der Waals surface area contributed by atoms with Crippen molar-refractivity contribution in [2.75, 3.05) is 38.4 Å². The molecule has 2 N–H and O–H groups in total. The quantitative estimate of drug-likeness (QED) is 0.122. The predicted molar refractivity (Wildman–Crippen MR) is 149 cm³/mol. The van der Waals surface area contributed by atoms with E-state index < -0.39 is 16.6 Å². The van der Waals surface area contributed by atoms with E-state index in [0.29, 0.717) is 57.1 Å². The number of quaternary nitrogens is 1. The number of nitrogens with one attached hydrogen (secondary N) is 2. The topological polar surface area (TPSA) is 137 Å². The molecule has 0 saturated heterocycles. The lowest BCUT2D eigenvalue weighted by Crippen LogP contribution is -2.39. The summed E-state index contributed by atoms with van der Waals surface area (Å²) in [6, 6.07) is 7.55. The molecule has 2 heterocycles. The number of hydrogen-bond acceptors (Lipinski definition) is 8. The van der Waals surface area contributed by atoms with Crippen LogP contribution in [0.1, 0.15) is 5.69 Å². The average molecular weight is 570 g/mol. The van der Waals surface area contributed by atoms with Crippen LogP contribution in [0.25, 0.3) is 10.9 Å². The van der Waals surface area contributed by atoms with E-state index in [1.54, 1.807) is 29.8 Å². The molecule has 0 atom stereocenters. The Morgan fingerprint density at radius 1 is 1.25 bits per heavy atom. The van der Waals surface area contributed by atoms with Gasteiger partial charge in [0.05, 0.1) is 44.0 Å². The summed E-state index contributed by atoms with van der Waals surface area (Å²) < 4.78 is 21.0. The molecule has 0 aliphatic rings. The first kappa shape index (κ1) is 28.4. The normalized spacial score (nSPS) is 11.7. The molecule has 0 unspecified atom stereocenters. The summed E-state index contributed by atoms with van der Waals surface area (Å²) in [7, 11) is 6.98. The first-order valence-electron chi connectivity index (χ1n) is 12.0. The van der Waals surface area contributed by atoms with E-state index in [0.717, 1.165) is 0 Å². The molecule has 0 aliphatic heterocycles. The van der Waals surface area contributed by atoms with Crippen LogP contribution in [0, 0.1) is 15.9 Å². The molecule has 14 heteroatoms. The summed E-state index contributed by atoms with van der Waals surface area (Å²) in [4.78, 5) is 36.0. The van der Waals surface area contributed by atoms with Crippen LogP contribution in [0.15, 0.2) is 55.1 Å². The minimum atomic E-state index is -0.539. The molecule has 4 aromatic rings. The van der Waals surface area contributed by atoms with Crippen molar-refractivity contribution in [3.8, 4) is 5.75 Å². The Kier molecular flexibility index (Phi) is 8.26. The van der Waals surface area contributed by atoms with Crippen molar-refractivity contribution in [1.29, 1.82) is 0 Å². The Balaban J connectivity index is 1.51. The standard InChI is InChI=1S/C26H26ClFN8O4/c1-34-15-31-26(35(38)39)22(34)13-36(2,3)9-5-6-24(37)33-21-11-17-20(12-23(21)40-4)29-14-30-25(17)32-16-7-8-19(28)18(27)10-16/h5-8,10-12,14-15H,9,13H2,1-4H3,(H-,29,30,32,33,37)/p+1/b6-5+. The molecule has 208 valence electrons. The molecule has 4 rings (SSSR count). The number of rotatable bonds is 10. The van der Waals surface area contributed by atoms with Crippen LogP contribution in [0.4, 0.5) is 27.4 Å². The van der Waals surface area contributed by atoms with Crippen LogP contribution in [-0.2, 0) is 18.4 Å². The number of halogens is 2. The molecule has 0 aliphatic carbocycles. The molecule has 0 bridgehead atoms. The number of imidazole rings is 1. The maximum absolute atomic E-state index is 13.6. The van der Waals surface area contributed by atoms with Crippen molar-refractivity contribution < 1.29 is 23.3 Å². The number of aryl methyl sites for hydroxylation is 1. The molecular weight excluding hydrogens is 543 g/mol. The van der Waals surface area contributed by atoms with Gasteiger partial charge in [-0.2, -0.15) is 0 Å². The molecule has 1 amide bonds. The van der Waals surface area contributed by atoms with Gasteiger partial charge in [0.2, 0.25) is 12.2 Å². The zero-order valence-corrected chi connectivity index (χ0v) is 22.9. The van der Waals surface area contributed by atoms with Gasteiger partial charge in [0.25, 0.3) is 0 Å². The summed E-state index contributed by atoms with van der Waals surface area (Å²) >= 11 is 5.90. The highest BCUT2D eigenvalue weighted by atomic mass is 35.5. The van der Waals surface area contributed by atoms with Gasteiger partial charge in [0.1, 0.15) is 30.3 Å². The number of likely N-dealkylation sites (N-methyl/N-ethyl adjacent to an activating group) is 1. The van der Waals surface area contributed by atoms with Gasteiger partial charge >= 0.3 is 5.82 Å². The molecule has 0 saturated carbocycles. The maximum atomic E-state index is 13.6. The summed E-state index contributed by atoms with van der Waals surface area (Å²) in [6.07, 6.45) is 5.87. The van der Waals surface area contributed by atoms with Gasteiger partial charge in [-0.25, -0.2) is 14.4 Å². The van der Waals surface area contributed by atoms with Crippen LogP contribution in [-0.4, -0.2) is 62.6 Å². The smallest absolute Gasteiger partial charge is 0.390 e. The van der Waals surface area contributed by atoms with Crippen molar-refractivity contribution in [2.24, 2.45) is 7.05 Å². The fraction of sp³-hybridized carbons (Fsp3) is 0.231. The number of hydrogen-bond donors (Lipinski definition) is 2. The minimum absolute atomic E-state index is 0.0369. The number of anilines is 3. The monoisotopic (exact) mass is 569 g/mol. The fourth-order valence-corrected chi connectivity index (χ4v) is 4.21. The molecule has 2 aromatic carbocycles. The molecule has 40 heavy (non-hydrogen) atoms. The zero-order valence-electron chi connectivity index (χ0n) is 22.2. The third-order valence-electron chi connectivity index (χ3n) is 6.05.